The lowest BCUT2D eigenvalue weighted by atomic mass is 10.1. The van der Waals surface area contributed by atoms with Crippen LogP contribution in [-0.4, -0.2) is 78.0 Å². The third kappa shape index (κ3) is 3.40. The van der Waals surface area contributed by atoms with E-state index in [0.717, 1.165) is 44.8 Å². The lowest BCUT2D eigenvalue weighted by Gasteiger charge is -2.31. The summed E-state index contributed by atoms with van der Waals surface area (Å²) in [6.45, 7) is 4.06. The maximum atomic E-state index is 12.8. The van der Waals surface area contributed by atoms with Crippen LogP contribution in [0.1, 0.15) is 22.6 Å². The molecule has 2 amide bonds. The number of carbonyl (C=O) groups is 2. The first kappa shape index (κ1) is 18.6. The number of hydrogen-bond donors (Lipinski definition) is 1. The minimum atomic E-state index is -0.239. The molecule has 2 aromatic rings. The highest BCUT2D eigenvalue weighted by Crippen LogP contribution is 2.17. The fourth-order valence-electron chi connectivity index (χ4n) is 3.95. The van der Waals surface area contributed by atoms with E-state index in [1.807, 2.05) is 4.90 Å². The topological polar surface area (TPSA) is 80.0 Å². The van der Waals surface area contributed by atoms with E-state index in [1.54, 1.807) is 29.8 Å². The zero-order valence-corrected chi connectivity index (χ0v) is 16.4. The quantitative estimate of drug-likeness (QED) is 0.719. The summed E-state index contributed by atoms with van der Waals surface area (Å²) in [6.07, 6.45) is 1.70. The van der Waals surface area contributed by atoms with Crippen molar-refractivity contribution < 1.29 is 14.5 Å². The SMILES string of the molecule is CN(CC(=O)N1CC[NH+](C)CC1)C(=O)c1ccc2c(=O)n3c(nc2c1)CCC3. The van der Waals surface area contributed by atoms with E-state index in [0.29, 0.717) is 23.0 Å². The number of benzene rings is 1. The first-order chi connectivity index (χ1) is 13.4. The number of fused-ring (bicyclic) bond motifs is 2. The Morgan fingerprint density at radius 1 is 1.21 bits per heavy atom. The molecule has 0 saturated carbocycles. The summed E-state index contributed by atoms with van der Waals surface area (Å²) in [5, 5.41) is 0.529. The monoisotopic (exact) mass is 384 g/mol. The number of rotatable bonds is 3. The molecule has 0 unspecified atom stereocenters. The molecular formula is C20H26N5O3+. The average molecular weight is 384 g/mol. The van der Waals surface area contributed by atoms with Gasteiger partial charge in [-0.05, 0) is 24.6 Å². The van der Waals surface area contributed by atoms with Crippen LogP contribution in [0.5, 0.6) is 0 Å². The molecular weight excluding hydrogens is 358 g/mol. The summed E-state index contributed by atoms with van der Waals surface area (Å²) < 4.78 is 1.71. The Labute approximate surface area is 163 Å². The van der Waals surface area contributed by atoms with Gasteiger partial charge in [0, 0.05) is 25.6 Å². The molecule has 0 bridgehead atoms. The predicted molar refractivity (Wildman–Crippen MR) is 104 cm³/mol. The lowest BCUT2D eigenvalue weighted by molar-refractivity contribution is -0.883. The molecule has 2 aliphatic rings. The molecule has 28 heavy (non-hydrogen) atoms. The number of amides is 2. The average Bonchev–Trinajstić information content (AvgIpc) is 3.16. The van der Waals surface area contributed by atoms with E-state index >= 15 is 0 Å². The second-order valence-corrected chi connectivity index (χ2v) is 7.82. The summed E-state index contributed by atoms with van der Waals surface area (Å²) in [5.74, 6) is 0.513. The summed E-state index contributed by atoms with van der Waals surface area (Å²) >= 11 is 0. The lowest BCUT2D eigenvalue weighted by Crippen LogP contribution is -3.12. The number of aryl methyl sites for hydroxylation is 1. The minimum Gasteiger partial charge on any atom is -0.334 e. The highest BCUT2D eigenvalue weighted by molar-refractivity contribution is 5.99. The number of piperazine rings is 1. The van der Waals surface area contributed by atoms with E-state index in [-0.39, 0.29) is 23.9 Å². The van der Waals surface area contributed by atoms with Gasteiger partial charge in [0.2, 0.25) is 5.91 Å². The molecule has 0 aliphatic carbocycles. The van der Waals surface area contributed by atoms with Crippen molar-refractivity contribution in [2.45, 2.75) is 19.4 Å². The van der Waals surface area contributed by atoms with E-state index in [2.05, 4.69) is 12.0 Å². The molecule has 0 spiro atoms. The Morgan fingerprint density at radius 3 is 2.71 bits per heavy atom. The molecule has 8 heteroatoms. The first-order valence-corrected chi connectivity index (χ1v) is 9.82. The van der Waals surface area contributed by atoms with Gasteiger partial charge in [-0.2, -0.15) is 0 Å². The second kappa shape index (κ2) is 7.35. The number of carbonyl (C=O) groups excluding carboxylic acids is 2. The highest BCUT2D eigenvalue weighted by Gasteiger charge is 2.24. The van der Waals surface area contributed by atoms with Crippen molar-refractivity contribution in [2.24, 2.45) is 0 Å². The van der Waals surface area contributed by atoms with Gasteiger partial charge in [-0.1, -0.05) is 0 Å². The zero-order chi connectivity index (χ0) is 19.8. The molecule has 3 heterocycles. The molecule has 1 aromatic carbocycles. The number of aromatic nitrogens is 2. The smallest absolute Gasteiger partial charge is 0.261 e. The number of quaternary nitrogens is 1. The van der Waals surface area contributed by atoms with Crippen molar-refractivity contribution >= 4 is 22.7 Å². The van der Waals surface area contributed by atoms with Crippen LogP contribution in [0.2, 0.25) is 0 Å². The molecule has 8 nitrogen and oxygen atoms in total. The molecule has 2 aliphatic heterocycles. The molecule has 0 radical (unpaired) electrons. The standard InChI is InChI=1S/C20H25N5O3/c1-22-8-10-24(11-9-22)18(26)13-23(2)19(27)14-5-6-15-16(12-14)21-17-4-3-7-25(17)20(15)28/h5-6,12H,3-4,7-11,13H2,1-2H3/p+1. The van der Waals surface area contributed by atoms with Gasteiger partial charge in [0.1, 0.15) is 5.82 Å². The van der Waals surface area contributed by atoms with E-state index in [1.165, 1.54) is 9.80 Å². The summed E-state index contributed by atoms with van der Waals surface area (Å²) in [5.41, 5.74) is 0.948. The fraction of sp³-hybridized carbons (Fsp3) is 0.500. The normalized spacial score (nSPS) is 17.0. The van der Waals surface area contributed by atoms with Gasteiger partial charge in [0.15, 0.2) is 0 Å². The van der Waals surface area contributed by atoms with Crippen LogP contribution in [0, 0.1) is 0 Å². The fourth-order valence-corrected chi connectivity index (χ4v) is 3.95. The van der Waals surface area contributed by atoms with Crippen molar-refractivity contribution in [1.82, 2.24) is 19.4 Å². The second-order valence-electron chi connectivity index (χ2n) is 7.82. The van der Waals surface area contributed by atoms with E-state index < -0.39 is 0 Å². The predicted octanol–water partition coefficient (Wildman–Crippen LogP) is -1.23. The van der Waals surface area contributed by atoms with Crippen LogP contribution in [0.15, 0.2) is 23.0 Å². The Bertz CT molecular complexity index is 991. The summed E-state index contributed by atoms with van der Waals surface area (Å²) in [7, 11) is 3.75. The van der Waals surface area contributed by atoms with Crippen molar-refractivity contribution in [1.29, 1.82) is 0 Å². The largest absolute Gasteiger partial charge is 0.334 e. The maximum absolute atomic E-state index is 12.8. The van der Waals surface area contributed by atoms with Gasteiger partial charge < -0.3 is 14.7 Å². The Balaban J connectivity index is 1.51. The van der Waals surface area contributed by atoms with E-state index in [4.69, 9.17) is 0 Å². The maximum Gasteiger partial charge on any atom is 0.261 e. The van der Waals surface area contributed by atoms with Gasteiger partial charge in [-0.3, -0.25) is 19.0 Å². The van der Waals surface area contributed by atoms with Crippen molar-refractivity contribution in [3.8, 4) is 0 Å². The Morgan fingerprint density at radius 2 is 1.96 bits per heavy atom. The molecule has 1 saturated heterocycles. The molecule has 1 aromatic heterocycles. The molecule has 0 atom stereocenters. The summed E-state index contributed by atoms with van der Waals surface area (Å²) in [4.78, 5) is 47.1. The van der Waals surface area contributed by atoms with Gasteiger partial charge >= 0.3 is 0 Å². The summed E-state index contributed by atoms with van der Waals surface area (Å²) in [6, 6.07) is 4.98. The van der Waals surface area contributed by atoms with Crippen LogP contribution in [0.3, 0.4) is 0 Å². The molecule has 1 N–H and O–H groups in total. The van der Waals surface area contributed by atoms with Crippen LogP contribution >= 0.6 is 0 Å². The third-order valence-corrected chi connectivity index (χ3v) is 5.75. The Hall–Kier alpha value is -2.74. The molecule has 4 rings (SSSR count). The van der Waals surface area contributed by atoms with Crippen LogP contribution in [0.4, 0.5) is 0 Å². The first-order valence-electron chi connectivity index (χ1n) is 9.82. The van der Waals surface area contributed by atoms with Gasteiger partial charge in [-0.25, -0.2) is 4.98 Å². The number of likely N-dealkylation sites (N-methyl/N-ethyl adjacent to an activating group) is 2. The van der Waals surface area contributed by atoms with Crippen molar-refractivity contribution in [3.05, 3.63) is 39.9 Å². The Kier molecular flexibility index (Phi) is 4.89. The minimum absolute atomic E-state index is 0.0293. The van der Waals surface area contributed by atoms with Crippen LogP contribution < -0.4 is 10.5 Å². The van der Waals surface area contributed by atoms with Crippen molar-refractivity contribution in [2.75, 3.05) is 46.8 Å². The van der Waals surface area contributed by atoms with Gasteiger partial charge in [-0.15, -0.1) is 0 Å². The van der Waals surface area contributed by atoms with Gasteiger partial charge in [0.05, 0.1) is 50.7 Å². The van der Waals surface area contributed by atoms with Gasteiger partial charge in [0.25, 0.3) is 11.5 Å². The highest BCUT2D eigenvalue weighted by atomic mass is 16.2. The third-order valence-electron chi connectivity index (χ3n) is 5.75. The molecule has 1 fully saturated rings. The number of hydrogen-bond acceptors (Lipinski definition) is 4. The molecule has 148 valence electrons. The number of nitrogens with one attached hydrogen (secondary N) is 1. The van der Waals surface area contributed by atoms with E-state index in [9.17, 15) is 14.4 Å². The zero-order valence-electron chi connectivity index (χ0n) is 16.4. The number of nitrogens with zero attached hydrogens (tertiary/aromatic N) is 4. The van der Waals surface area contributed by atoms with Crippen LogP contribution in [-0.2, 0) is 17.8 Å². The van der Waals surface area contributed by atoms with Crippen molar-refractivity contribution in [3.63, 3.8) is 0 Å². The van der Waals surface area contributed by atoms with Crippen LogP contribution in [0.25, 0.3) is 10.9 Å².